The fourth-order valence-corrected chi connectivity index (χ4v) is 5.17. The van der Waals surface area contributed by atoms with Gasteiger partial charge in [0.1, 0.15) is 0 Å². The van der Waals surface area contributed by atoms with Crippen molar-refractivity contribution < 1.29 is 14.6 Å². The SMILES string of the molecule is CCN(c1cccc2c1CC=CC(CO)Cc1cc(C)[nH]c(=O)c1CNC2=O)C1CCOCC1. The van der Waals surface area contributed by atoms with Gasteiger partial charge in [-0.25, -0.2) is 0 Å². The highest BCUT2D eigenvalue weighted by Crippen LogP contribution is 2.30. The largest absolute Gasteiger partial charge is 0.396 e. The van der Waals surface area contributed by atoms with Crippen LogP contribution in [0.25, 0.3) is 0 Å². The van der Waals surface area contributed by atoms with E-state index < -0.39 is 0 Å². The number of aryl methyl sites for hydroxylation is 1. The monoisotopic (exact) mass is 465 g/mol. The Morgan fingerprint density at radius 2 is 1.97 bits per heavy atom. The first-order valence-corrected chi connectivity index (χ1v) is 12.3. The minimum absolute atomic E-state index is 0.00813. The van der Waals surface area contributed by atoms with Crippen LogP contribution in [0.15, 0.2) is 41.2 Å². The summed E-state index contributed by atoms with van der Waals surface area (Å²) in [6.45, 7) is 6.47. The van der Waals surface area contributed by atoms with Gasteiger partial charge in [-0.2, -0.15) is 0 Å². The predicted molar refractivity (Wildman–Crippen MR) is 133 cm³/mol. The number of anilines is 1. The normalized spacial score (nSPS) is 19.4. The molecule has 1 fully saturated rings. The fraction of sp³-hybridized carbons (Fsp3) is 0.481. The van der Waals surface area contributed by atoms with Gasteiger partial charge in [-0.3, -0.25) is 9.59 Å². The van der Waals surface area contributed by atoms with E-state index in [0.29, 0.717) is 30.0 Å². The summed E-state index contributed by atoms with van der Waals surface area (Å²) < 4.78 is 5.57. The number of amides is 1. The number of nitrogens with one attached hydrogen (secondary N) is 2. The summed E-state index contributed by atoms with van der Waals surface area (Å²) in [7, 11) is 0. The number of H-pyrrole nitrogens is 1. The van der Waals surface area contributed by atoms with Crippen molar-refractivity contribution in [2.45, 2.75) is 52.1 Å². The van der Waals surface area contributed by atoms with Crippen molar-refractivity contribution in [3.63, 3.8) is 0 Å². The van der Waals surface area contributed by atoms with Gasteiger partial charge in [0.2, 0.25) is 0 Å². The van der Waals surface area contributed by atoms with Gasteiger partial charge >= 0.3 is 0 Å². The lowest BCUT2D eigenvalue weighted by Crippen LogP contribution is -2.40. The third-order valence-electron chi connectivity index (χ3n) is 6.91. The Hall–Kier alpha value is -2.90. The summed E-state index contributed by atoms with van der Waals surface area (Å²) in [6, 6.07) is 8.19. The summed E-state index contributed by atoms with van der Waals surface area (Å²) in [4.78, 5) is 31.3. The summed E-state index contributed by atoms with van der Waals surface area (Å²) in [6.07, 6.45) is 7.13. The molecule has 182 valence electrons. The molecule has 0 bridgehead atoms. The zero-order chi connectivity index (χ0) is 24.1. The number of fused-ring (bicyclic) bond motifs is 2. The molecular weight excluding hydrogens is 430 g/mol. The number of pyridine rings is 1. The zero-order valence-corrected chi connectivity index (χ0v) is 20.1. The first kappa shape index (κ1) is 24.2. The van der Waals surface area contributed by atoms with E-state index in [-0.39, 0.29) is 30.5 Å². The van der Waals surface area contributed by atoms with Gasteiger partial charge in [-0.15, -0.1) is 0 Å². The van der Waals surface area contributed by atoms with Crippen LogP contribution in [0.5, 0.6) is 0 Å². The number of hydrogen-bond acceptors (Lipinski definition) is 5. The summed E-state index contributed by atoms with van der Waals surface area (Å²) in [5.74, 6) is -0.290. The second kappa shape index (κ2) is 11.0. The third-order valence-corrected chi connectivity index (χ3v) is 6.91. The van der Waals surface area contributed by atoms with Crippen molar-refractivity contribution in [3.05, 3.63) is 74.7 Å². The van der Waals surface area contributed by atoms with Gasteiger partial charge < -0.3 is 25.0 Å². The fourth-order valence-electron chi connectivity index (χ4n) is 5.17. The topological polar surface area (TPSA) is 94.7 Å². The van der Waals surface area contributed by atoms with Crippen LogP contribution in [0, 0.1) is 12.8 Å². The number of aromatic amines is 1. The maximum atomic E-state index is 13.3. The molecule has 3 heterocycles. The highest BCUT2D eigenvalue weighted by Gasteiger charge is 2.25. The molecule has 34 heavy (non-hydrogen) atoms. The van der Waals surface area contributed by atoms with Gasteiger partial charge in [-0.05, 0) is 68.9 Å². The molecule has 0 spiro atoms. The van der Waals surface area contributed by atoms with Gasteiger partial charge in [0.15, 0.2) is 0 Å². The zero-order valence-electron chi connectivity index (χ0n) is 20.1. The first-order chi connectivity index (χ1) is 16.5. The van der Waals surface area contributed by atoms with Crippen LogP contribution >= 0.6 is 0 Å². The Morgan fingerprint density at radius 3 is 2.71 bits per heavy atom. The van der Waals surface area contributed by atoms with Crippen LogP contribution in [-0.4, -0.2) is 48.4 Å². The average molecular weight is 466 g/mol. The van der Waals surface area contributed by atoms with Crippen LogP contribution in [0.3, 0.4) is 0 Å². The lowest BCUT2D eigenvalue weighted by atomic mass is 9.93. The summed E-state index contributed by atoms with van der Waals surface area (Å²) >= 11 is 0. The average Bonchev–Trinajstić information content (AvgIpc) is 2.83. The van der Waals surface area contributed by atoms with E-state index in [1.54, 1.807) is 0 Å². The number of carbonyl (C=O) groups excluding carboxylic acids is 1. The van der Waals surface area contributed by atoms with Gasteiger partial charge in [0, 0.05) is 67.4 Å². The maximum Gasteiger partial charge on any atom is 0.253 e. The molecule has 7 nitrogen and oxygen atoms in total. The van der Waals surface area contributed by atoms with Gasteiger partial charge in [-0.1, -0.05) is 18.2 Å². The second-order valence-electron chi connectivity index (χ2n) is 9.18. The standard InChI is InChI=1S/C27H35N3O4/c1-3-30(21-10-12-34-13-11-21)25-9-5-8-23-22(25)7-4-6-19(17-31)15-20-14-18(2)29-27(33)24(20)16-28-26(23)32/h4-6,8-9,14,19,21,31H,3,7,10-13,15-17H2,1-2H3,(H,28,32)(H,29,33). The molecule has 1 amide bonds. The number of benzene rings is 1. The van der Waals surface area contributed by atoms with E-state index in [2.05, 4.69) is 34.3 Å². The Bertz CT molecular complexity index is 1100. The van der Waals surface area contributed by atoms with Crippen LogP contribution in [0.4, 0.5) is 5.69 Å². The second-order valence-corrected chi connectivity index (χ2v) is 9.18. The number of aliphatic hydroxyl groups excluding tert-OH is 1. The van der Waals surface area contributed by atoms with Crippen molar-refractivity contribution in [2.24, 2.45) is 5.92 Å². The molecule has 0 aliphatic carbocycles. The summed E-state index contributed by atoms with van der Waals surface area (Å²) in [5, 5.41) is 13.0. The number of hydrogen-bond donors (Lipinski definition) is 3. The summed E-state index contributed by atoms with van der Waals surface area (Å²) in [5.41, 5.74) is 4.64. The predicted octanol–water partition coefficient (Wildman–Crippen LogP) is 2.88. The van der Waals surface area contributed by atoms with Gasteiger partial charge in [0.25, 0.3) is 11.5 Å². The number of aliphatic hydroxyl groups is 1. The third kappa shape index (κ3) is 5.26. The van der Waals surface area contributed by atoms with E-state index in [1.807, 2.05) is 31.2 Å². The number of allylic oxidation sites excluding steroid dienone is 1. The molecule has 3 N–H and O–H groups in total. The lowest BCUT2D eigenvalue weighted by molar-refractivity contribution is 0.0845. The Labute approximate surface area is 200 Å². The molecule has 7 heteroatoms. The van der Waals surface area contributed by atoms with E-state index >= 15 is 0 Å². The van der Waals surface area contributed by atoms with E-state index in [9.17, 15) is 14.7 Å². The van der Waals surface area contributed by atoms with Crippen LogP contribution < -0.4 is 15.8 Å². The quantitative estimate of drug-likeness (QED) is 0.604. The molecule has 1 atom stereocenters. The Balaban J connectivity index is 1.75. The van der Waals surface area contributed by atoms with E-state index in [4.69, 9.17) is 4.74 Å². The maximum absolute atomic E-state index is 13.3. The molecule has 2 aromatic rings. The smallest absolute Gasteiger partial charge is 0.253 e. The van der Waals surface area contributed by atoms with E-state index in [1.165, 1.54) is 0 Å². The Morgan fingerprint density at radius 1 is 1.18 bits per heavy atom. The minimum Gasteiger partial charge on any atom is -0.396 e. The number of aromatic nitrogens is 1. The van der Waals surface area contributed by atoms with E-state index in [0.717, 1.165) is 55.1 Å². The molecule has 0 radical (unpaired) electrons. The molecule has 2 aliphatic rings. The Kier molecular flexibility index (Phi) is 7.85. The molecule has 1 aromatic carbocycles. The highest BCUT2D eigenvalue weighted by molar-refractivity contribution is 5.97. The number of nitrogens with zero attached hydrogens (tertiary/aromatic N) is 1. The van der Waals surface area contributed by atoms with Crippen molar-refractivity contribution in [1.82, 2.24) is 10.3 Å². The molecule has 0 saturated carbocycles. The first-order valence-electron chi connectivity index (χ1n) is 12.3. The van der Waals surface area contributed by atoms with Crippen LogP contribution in [0.1, 0.15) is 52.5 Å². The molecule has 2 aliphatic heterocycles. The van der Waals surface area contributed by atoms with Crippen molar-refractivity contribution in [3.8, 4) is 0 Å². The molecular formula is C27H35N3O4. The molecule has 4 rings (SSSR count). The number of ether oxygens (including phenoxy) is 1. The van der Waals surface area contributed by atoms with Crippen molar-refractivity contribution in [1.29, 1.82) is 0 Å². The lowest BCUT2D eigenvalue weighted by Gasteiger charge is -2.37. The van der Waals surface area contributed by atoms with Crippen molar-refractivity contribution >= 4 is 11.6 Å². The molecule has 1 aromatic heterocycles. The van der Waals surface area contributed by atoms with Crippen LogP contribution in [-0.2, 0) is 24.1 Å². The molecule has 1 unspecified atom stereocenters. The number of carbonyl (C=O) groups is 1. The minimum atomic E-state index is -0.196. The van der Waals surface area contributed by atoms with Crippen molar-refractivity contribution in [2.75, 3.05) is 31.3 Å². The number of rotatable bonds is 4. The van der Waals surface area contributed by atoms with Gasteiger partial charge in [0.05, 0.1) is 0 Å². The van der Waals surface area contributed by atoms with Crippen LogP contribution in [0.2, 0.25) is 0 Å². The molecule has 1 saturated heterocycles. The highest BCUT2D eigenvalue weighted by atomic mass is 16.5.